The maximum absolute atomic E-state index is 12.6. The molecule has 1 heterocycles. The highest BCUT2D eigenvalue weighted by atomic mass is 35.5. The molecule has 2 rings (SSSR count). The number of carbonyl (C=O) groups excluding carboxylic acids is 2. The molecule has 25 heavy (non-hydrogen) atoms. The van der Waals surface area contributed by atoms with Crippen molar-refractivity contribution in [1.82, 2.24) is 5.32 Å². The number of hydrogen-bond acceptors (Lipinski definition) is 4. The largest absolute Gasteiger partial charge is 0.385 e. The topological polar surface area (TPSA) is 70.7 Å². The summed E-state index contributed by atoms with van der Waals surface area (Å²) in [5, 5.41) is 5.50. The number of nitrogens with one attached hydrogen (secondary N) is 2. The molecule has 1 fully saturated rings. The molecule has 138 valence electrons. The molecule has 2 N–H and O–H groups in total. The van der Waals surface area contributed by atoms with E-state index in [2.05, 4.69) is 15.5 Å². The maximum atomic E-state index is 12.6. The van der Waals surface area contributed by atoms with Crippen LogP contribution in [0.4, 0.5) is 11.4 Å². The summed E-state index contributed by atoms with van der Waals surface area (Å²) in [6, 6.07) is 5.26. The van der Waals surface area contributed by atoms with Crippen LogP contribution in [-0.2, 0) is 9.53 Å². The van der Waals surface area contributed by atoms with Crippen molar-refractivity contribution in [2.75, 3.05) is 43.6 Å². The highest BCUT2D eigenvalue weighted by molar-refractivity contribution is 6.54. The molecule has 1 aliphatic heterocycles. The zero-order valence-electron chi connectivity index (χ0n) is 14.2. The summed E-state index contributed by atoms with van der Waals surface area (Å²) in [5.41, 5.74) is 1.88. The molecule has 1 aromatic carbocycles. The first-order chi connectivity index (χ1) is 12.0. The number of nitrogens with zero attached hydrogens (tertiary/aromatic N) is 1. The van der Waals surface area contributed by atoms with Crippen molar-refractivity contribution in [3.63, 3.8) is 0 Å². The minimum absolute atomic E-state index is 0.178. The van der Waals surface area contributed by atoms with Gasteiger partial charge >= 0.3 is 0 Å². The molecular formula is C17H23Cl2N3O3. The lowest BCUT2D eigenvalue weighted by Gasteiger charge is -2.22. The zero-order valence-corrected chi connectivity index (χ0v) is 15.7. The molecule has 8 heteroatoms. The average molecular weight is 388 g/mol. The van der Waals surface area contributed by atoms with E-state index in [1.54, 1.807) is 19.2 Å². The lowest BCUT2D eigenvalue weighted by molar-refractivity contribution is -0.114. The standard InChI is InChI=1S/C17H23Cl2N3O3/c1-25-10-4-7-20-16(23)13-11-12(21-17(24)15(18)19)5-6-14(13)22-8-2-3-9-22/h5-6,11,15H,2-4,7-10H2,1H3,(H,20,23)(H,21,24). The number of methoxy groups -OCH3 is 1. The van der Waals surface area contributed by atoms with E-state index < -0.39 is 10.7 Å². The third-order valence-corrected chi connectivity index (χ3v) is 4.36. The van der Waals surface area contributed by atoms with Gasteiger partial charge in [0.1, 0.15) is 0 Å². The van der Waals surface area contributed by atoms with E-state index >= 15 is 0 Å². The van der Waals surface area contributed by atoms with E-state index in [0.717, 1.165) is 38.0 Å². The number of halogens is 2. The van der Waals surface area contributed by atoms with E-state index in [1.165, 1.54) is 0 Å². The molecule has 2 amide bonds. The van der Waals surface area contributed by atoms with Crippen molar-refractivity contribution in [2.24, 2.45) is 0 Å². The Morgan fingerprint density at radius 1 is 1.28 bits per heavy atom. The van der Waals surface area contributed by atoms with Gasteiger partial charge in [0.25, 0.3) is 11.8 Å². The number of benzene rings is 1. The predicted molar refractivity (Wildman–Crippen MR) is 101 cm³/mol. The first kappa shape index (κ1) is 19.8. The molecule has 0 saturated carbocycles. The summed E-state index contributed by atoms with van der Waals surface area (Å²) in [6.45, 7) is 2.94. The second-order valence-corrected chi connectivity index (χ2v) is 6.91. The Bertz CT molecular complexity index is 605. The Morgan fingerprint density at radius 2 is 2.00 bits per heavy atom. The van der Waals surface area contributed by atoms with Crippen molar-refractivity contribution >= 4 is 46.4 Å². The number of ether oxygens (including phenoxy) is 1. The Morgan fingerprint density at radius 3 is 2.64 bits per heavy atom. The van der Waals surface area contributed by atoms with Gasteiger partial charge in [-0.3, -0.25) is 9.59 Å². The van der Waals surface area contributed by atoms with E-state index in [9.17, 15) is 9.59 Å². The molecule has 0 aliphatic carbocycles. The van der Waals surface area contributed by atoms with Crippen LogP contribution in [0, 0.1) is 0 Å². The van der Waals surface area contributed by atoms with Crippen LogP contribution in [0.25, 0.3) is 0 Å². The molecule has 0 bridgehead atoms. The second-order valence-electron chi connectivity index (χ2n) is 5.82. The molecule has 0 unspecified atom stereocenters. The van der Waals surface area contributed by atoms with Crippen LogP contribution in [0.3, 0.4) is 0 Å². The first-order valence-corrected chi connectivity index (χ1v) is 9.15. The van der Waals surface area contributed by atoms with E-state index in [4.69, 9.17) is 27.9 Å². The third kappa shape index (κ3) is 5.76. The normalized spacial score (nSPS) is 14.0. The molecular weight excluding hydrogens is 365 g/mol. The summed E-state index contributed by atoms with van der Waals surface area (Å²) in [5.74, 6) is -0.703. The lowest BCUT2D eigenvalue weighted by Crippen LogP contribution is -2.29. The van der Waals surface area contributed by atoms with Crippen molar-refractivity contribution in [3.8, 4) is 0 Å². The number of amides is 2. The molecule has 0 spiro atoms. The molecule has 1 aromatic rings. The quantitative estimate of drug-likeness (QED) is 0.531. The third-order valence-electron chi connectivity index (χ3n) is 3.96. The van der Waals surface area contributed by atoms with E-state index in [0.29, 0.717) is 24.4 Å². The Hall–Kier alpha value is -1.50. The summed E-state index contributed by atoms with van der Waals surface area (Å²) < 4.78 is 4.99. The first-order valence-electron chi connectivity index (χ1n) is 8.28. The number of carbonyl (C=O) groups is 2. The van der Waals surface area contributed by atoms with Gasteiger partial charge in [-0.05, 0) is 37.5 Å². The molecule has 1 saturated heterocycles. The highest BCUT2D eigenvalue weighted by Crippen LogP contribution is 2.28. The fourth-order valence-electron chi connectivity index (χ4n) is 2.74. The minimum Gasteiger partial charge on any atom is -0.385 e. The number of hydrogen-bond donors (Lipinski definition) is 2. The van der Waals surface area contributed by atoms with Crippen LogP contribution in [-0.4, -0.2) is 50.0 Å². The van der Waals surface area contributed by atoms with E-state index in [-0.39, 0.29) is 5.91 Å². The van der Waals surface area contributed by atoms with Gasteiger partial charge in [0.2, 0.25) is 0 Å². The molecule has 0 radical (unpaired) electrons. The van der Waals surface area contributed by atoms with Crippen LogP contribution < -0.4 is 15.5 Å². The molecule has 0 atom stereocenters. The van der Waals surface area contributed by atoms with Crippen LogP contribution in [0.2, 0.25) is 0 Å². The maximum Gasteiger partial charge on any atom is 0.257 e. The minimum atomic E-state index is -1.16. The smallest absolute Gasteiger partial charge is 0.257 e. The average Bonchev–Trinajstić information content (AvgIpc) is 3.12. The molecule has 0 aromatic heterocycles. The summed E-state index contributed by atoms with van der Waals surface area (Å²) in [7, 11) is 1.63. The van der Waals surface area contributed by atoms with Crippen LogP contribution in [0.5, 0.6) is 0 Å². The fraction of sp³-hybridized carbons (Fsp3) is 0.529. The lowest BCUT2D eigenvalue weighted by atomic mass is 10.1. The van der Waals surface area contributed by atoms with Crippen LogP contribution in [0.15, 0.2) is 18.2 Å². The van der Waals surface area contributed by atoms with Gasteiger partial charge in [-0.25, -0.2) is 0 Å². The summed E-state index contributed by atoms with van der Waals surface area (Å²) >= 11 is 11.1. The van der Waals surface area contributed by atoms with Gasteiger partial charge in [0, 0.05) is 44.7 Å². The Labute approximate surface area is 157 Å². The summed E-state index contributed by atoms with van der Waals surface area (Å²) in [6.07, 6.45) is 2.94. The predicted octanol–water partition coefficient (Wildman–Crippen LogP) is 2.80. The summed E-state index contributed by atoms with van der Waals surface area (Å²) in [4.78, 5) is 25.3. The van der Waals surface area contributed by atoms with Crippen LogP contribution >= 0.6 is 23.2 Å². The van der Waals surface area contributed by atoms with Gasteiger partial charge in [-0.1, -0.05) is 23.2 Å². The van der Waals surface area contributed by atoms with Gasteiger partial charge in [-0.2, -0.15) is 0 Å². The Kier molecular flexibility index (Phi) is 7.81. The van der Waals surface area contributed by atoms with Crippen molar-refractivity contribution in [3.05, 3.63) is 23.8 Å². The van der Waals surface area contributed by atoms with Crippen molar-refractivity contribution < 1.29 is 14.3 Å². The van der Waals surface area contributed by atoms with Crippen molar-refractivity contribution in [2.45, 2.75) is 24.1 Å². The van der Waals surface area contributed by atoms with Gasteiger partial charge in [-0.15, -0.1) is 0 Å². The van der Waals surface area contributed by atoms with Gasteiger partial charge < -0.3 is 20.3 Å². The van der Waals surface area contributed by atoms with Crippen molar-refractivity contribution in [1.29, 1.82) is 0 Å². The van der Waals surface area contributed by atoms with E-state index in [1.807, 2.05) is 6.07 Å². The SMILES string of the molecule is COCCCNC(=O)c1cc(NC(=O)C(Cl)Cl)ccc1N1CCCC1. The van der Waals surface area contributed by atoms with Crippen LogP contribution in [0.1, 0.15) is 29.6 Å². The molecule has 6 nitrogen and oxygen atoms in total. The Balaban J connectivity index is 2.18. The number of alkyl halides is 2. The molecule has 1 aliphatic rings. The number of rotatable bonds is 8. The fourth-order valence-corrected chi connectivity index (χ4v) is 2.85. The van der Waals surface area contributed by atoms with Gasteiger partial charge in [0.15, 0.2) is 4.84 Å². The highest BCUT2D eigenvalue weighted by Gasteiger charge is 2.21. The zero-order chi connectivity index (χ0) is 18.2. The van der Waals surface area contributed by atoms with Gasteiger partial charge in [0.05, 0.1) is 5.56 Å². The monoisotopic (exact) mass is 387 g/mol. The number of anilines is 2. The second kappa shape index (κ2) is 9.85.